The number of hydrazine groups is 1. The van der Waals surface area contributed by atoms with E-state index < -0.39 is 18.1 Å². The number of nitrogens with two attached hydrogens (primary N) is 1. The first kappa shape index (κ1) is 27.1. The van der Waals surface area contributed by atoms with Crippen molar-refractivity contribution >= 4 is 5.78 Å². The maximum Gasteiger partial charge on any atom is 0.409 e. The van der Waals surface area contributed by atoms with E-state index in [4.69, 9.17) is 11.1 Å². The van der Waals surface area contributed by atoms with Gasteiger partial charge < -0.3 is 4.57 Å². The maximum atomic E-state index is 14.0. The highest BCUT2D eigenvalue weighted by Crippen LogP contribution is 2.37. The van der Waals surface area contributed by atoms with Gasteiger partial charge in [0.05, 0.1) is 18.0 Å². The second-order valence-corrected chi connectivity index (χ2v) is 9.01. The number of alkyl halides is 3. The lowest BCUT2D eigenvalue weighted by molar-refractivity contribution is -0.190. The molecule has 1 heterocycles. The van der Waals surface area contributed by atoms with Crippen LogP contribution in [0.1, 0.15) is 48.7 Å². The van der Waals surface area contributed by atoms with E-state index in [9.17, 15) is 18.0 Å². The van der Waals surface area contributed by atoms with Crippen LogP contribution < -0.4 is 5.84 Å². The summed E-state index contributed by atoms with van der Waals surface area (Å²) in [6, 6.07) is 14.7. The number of aromatic nitrogens is 2. The average Bonchev–Trinajstić information content (AvgIpc) is 3.28. The van der Waals surface area contributed by atoms with Crippen molar-refractivity contribution in [1.29, 1.82) is 5.26 Å². The van der Waals surface area contributed by atoms with Crippen LogP contribution in [0.2, 0.25) is 0 Å². The zero-order valence-electron chi connectivity index (χ0n) is 20.3. The fourth-order valence-corrected chi connectivity index (χ4v) is 4.25. The van der Waals surface area contributed by atoms with E-state index >= 15 is 0 Å². The minimum Gasteiger partial charge on any atom is -0.330 e. The zero-order valence-corrected chi connectivity index (χ0v) is 20.3. The van der Waals surface area contributed by atoms with Crippen molar-refractivity contribution < 1.29 is 18.0 Å². The van der Waals surface area contributed by atoms with Crippen molar-refractivity contribution in [3.8, 4) is 6.07 Å². The Bertz CT molecular complexity index is 1170. The third kappa shape index (κ3) is 6.80. The maximum absolute atomic E-state index is 14.0. The number of benzene rings is 2. The number of ketones is 1. The van der Waals surface area contributed by atoms with Gasteiger partial charge in [-0.05, 0) is 29.2 Å². The number of nitrogens with zero attached hydrogens (tertiary/aromatic N) is 4. The quantitative estimate of drug-likeness (QED) is 0.296. The Kier molecular flexibility index (Phi) is 9.02. The number of hydrogen-bond donors (Lipinski definition) is 1. The van der Waals surface area contributed by atoms with Gasteiger partial charge in [0.1, 0.15) is 11.8 Å². The van der Waals surface area contributed by atoms with Crippen LogP contribution in [0.4, 0.5) is 13.2 Å². The van der Waals surface area contributed by atoms with Crippen LogP contribution in [0.15, 0.2) is 67.1 Å². The van der Waals surface area contributed by atoms with Crippen molar-refractivity contribution in [2.24, 2.45) is 17.7 Å². The molecule has 0 amide bonds. The fourth-order valence-electron chi connectivity index (χ4n) is 4.25. The molecule has 0 aliphatic rings. The molecule has 6 nitrogen and oxygen atoms in total. The molecule has 0 aliphatic heterocycles. The summed E-state index contributed by atoms with van der Waals surface area (Å²) in [7, 11) is 0. The third-order valence-corrected chi connectivity index (χ3v) is 6.50. The van der Waals surface area contributed by atoms with Crippen molar-refractivity contribution in [2.75, 3.05) is 6.54 Å². The van der Waals surface area contributed by atoms with Crippen LogP contribution in [0.3, 0.4) is 0 Å². The lowest BCUT2D eigenvalue weighted by atomic mass is 9.85. The predicted molar refractivity (Wildman–Crippen MR) is 130 cm³/mol. The molecule has 1 unspecified atom stereocenters. The summed E-state index contributed by atoms with van der Waals surface area (Å²) in [4.78, 5) is 17.6. The van der Waals surface area contributed by atoms with E-state index in [2.05, 4.69) is 11.1 Å². The van der Waals surface area contributed by atoms with Crippen molar-refractivity contribution in [2.45, 2.75) is 45.5 Å². The smallest absolute Gasteiger partial charge is 0.330 e. The summed E-state index contributed by atoms with van der Waals surface area (Å²) >= 11 is 0. The molecule has 2 aromatic carbocycles. The molecule has 2 N–H and O–H groups in total. The van der Waals surface area contributed by atoms with Crippen molar-refractivity contribution in [3.63, 3.8) is 0 Å². The highest BCUT2D eigenvalue weighted by atomic mass is 19.4. The first-order valence-corrected chi connectivity index (χ1v) is 11.8. The Balaban J connectivity index is 1.78. The molecule has 190 valence electrons. The molecular formula is C27H30F3N5O. The summed E-state index contributed by atoms with van der Waals surface area (Å²) in [6.45, 7) is 3.99. The first-order chi connectivity index (χ1) is 17.1. The minimum absolute atomic E-state index is 0.0289. The Morgan fingerprint density at radius 3 is 2.42 bits per heavy atom. The van der Waals surface area contributed by atoms with Gasteiger partial charge >= 0.3 is 6.18 Å². The molecule has 36 heavy (non-hydrogen) atoms. The summed E-state index contributed by atoms with van der Waals surface area (Å²) < 4.78 is 43.7. The number of nitriles is 1. The fraction of sp³-hybridized carbons (Fsp3) is 0.370. The molecule has 0 saturated carbocycles. The molecule has 0 spiro atoms. The molecule has 0 radical (unpaired) electrons. The van der Waals surface area contributed by atoms with E-state index in [1.165, 1.54) is 24.3 Å². The molecule has 1 aromatic heterocycles. The third-order valence-electron chi connectivity index (χ3n) is 6.50. The second kappa shape index (κ2) is 12.0. The molecule has 0 saturated heterocycles. The van der Waals surface area contributed by atoms with Gasteiger partial charge in [0.2, 0.25) is 0 Å². The van der Waals surface area contributed by atoms with Crippen LogP contribution in [0.25, 0.3) is 0 Å². The van der Waals surface area contributed by atoms with E-state index in [1.807, 2.05) is 30.5 Å². The Morgan fingerprint density at radius 2 is 1.83 bits per heavy atom. The van der Waals surface area contributed by atoms with Gasteiger partial charge in [-0.2, -0.15) is 18.4 Å². The molecule has 0 aliphatic carbocycles. The number of Topliss-reactive ketones (excluding diaryl/α,β-unsaturated/α-hetero) is 1. The summed E-state index contributed by atoms with van der Waals surface area (Å²) in [5, 5.41) is 9.72. The van der Waals surface area contributed by atoms with E-state index in [0.717, 1.165) is 10.6 Å². The molecule has 3 rings (SSSR count). The lowest BCUT2D eigenvalue weighted by Crippen LogP contribution is -2.48. The van der Waals surface area contributed by atoms with Crippen molar-refractivity contribution in [1.82, 2.24) is 14.6 Å². The predicted octanol–water partition coefficient (Wildman–Crippen LogP) is 5.06. The van der Waals surface area contributed by atoms with E-state index in [-0.39, 0.29) is 30.2 Å². The van der Waals surface area contributed by atoms with Gasteiger partial charge in [-0.3, -0.25) is 10.6 Å². The number of rotatable bonds is 11. The van der Waals surface area contributed by atoms with E-state index in [0.29, 0.717) is 24.2 Å². The number of halogens is 3. The Morgan fingerprint density at radius 1 is 1.17 bits per heavy atom. The summed E-state index contributed by atoms with van der Waals surface area (Å²) in [6.07, 6.45) is -0.738. The SMILES string of the molecule is CC[C@H](C)[C@@H](CN(N)C(c1ccccc1)C(F)(F)F)C(=O)Cc1cncn1Cc1ccc(C#N)cc1. The Labute approximate surface area is 209 Å². The normalized spacial score (nSPS) is 14.3. The van der Waals surface area contributed by atoms with Gasteiger partial charge in [-0.25, -0.2) is 9.99 Å². The number of carbonyl (C=O) groups is 1. The largest absolute Gasteiger partial charge is 0.409 e. The van der Waals surface area contributed by atoms with Gasteiger partial charge in [-0.15, -0.1) is 0 Å². The molecular weight excluding hydrogens is 467 g/mol. The van der Waals surface area contributed by atoms with Gasteiger partial charge in [0.25, 0.3) is 0 Å². The van der Waals surface area contributed by atoms with Gasteiger partial charge in [0.15, 0.2) is 0 Å². The monoisotopic (exact) mass is 497 g/mol. The second-order valence-electron chi connectivity index (χ2n) is 9.01. The summed E-state index contributed by atoms with van der Waals surface area (Å²) in [5.41, 5.74) is 2.18. The molecule has 3 atom stereocenters. The number of carbonyl (C=O) groups excluding carboxylic acids is 1. The minimum atomic E-state index is -4.60. The topological polar surface area (TPSA) is 87.9 Å². The molecule has 9 heteroatoms. The van der Waals surface area contributed by atoms with Crippen LogP contribution in [0, 0.1) is 23.2 Å². The van der Waals surface area contributed by atoms with Crippen LogP contribution in [-0.4, -0.2) is 33.1 Å². The molecule has 0 bridgehead atoms. The average molecular weight is 498 g/mol. The number of imidazole rings is 1. The number of hydrogen-bond acceptors (Lipinski definition) is 5. The molecule has 3 aromatic rings. The zero-order chi connectivity index (χ0) is 26.3. The molecule has 0 fully saturated rings. The van der Waals surface area contributed by atoms with Gasteiger partial charge in [-0.1, -0.05) is 62.7 Å². The van der Waals surface area contributed by atoms with Gasteiger partial charge in [0, 0.05) is 37.3 Å². The lowest BCUT2D eigenvalue weighted by Gasteiger charge is -2.33. The van der Waals surface area contributed by atoms with E-state index in [1.54, 1.807) is 30.7 Å². The summed E-state index contributed by atoms with van der Waals surface area (Å²) in [5.74, 6) is 4.98. The van der Waals surface area contributed by atoms with Crippen LogP contribution in [-0.2, 0) is 17.8 Å². The van der Waals surface area contributed by atoms with Crippen molar-refractivity contribution in [3.05, 3.63) is 89.5 Å². The van der Waals surface area contributed by atoms with Crippen LogP contribution >= 0.6 is 0 Å². The van der Waals surface area contributed by atoms with Crippen LogP contribution in [0.5, 0.6) is 0 Å². The highest BCUT2D eigenvalue weighted by Gasteiger charge is 2.45. The Hall–Kier alpha value is -3.48. The standard InChI is InChI=1S/C27H30F3N5O/c1-3-19(2)24(17-35(32)26(27(28,29)30)22-7-5-4-6-8-22)25(36)13-23-15-33-18-34(23)16-21-11-9-20(14-31)10-12-21/h4-12,15,18-19,24,26H,3,13,16-17,32H2,1-2H3/t19-,24+,26?/m0/s1. The first-order valence-electron chi connectivity index (χ1n) is 11.8. The highest BCUT2D eigenvalue weighted by molar-refractivity contribution is 5.83.